The van der Waals surface area contributed by atoms with Crippen LogP contribution in [0, 0.1) is 34.3 Å². The number of benzene rings is 1. The van der Waals surface area contributed by atoms with Crippen LogP contribution < -0.4 is 0 Å². The highest BCUT2D eigenvalue weighted by atomic mass is 79.9. The van der Waals surface area contributed by atoms with Gasteiger partial charge in [0.2, 0.25) is 0 Å². The number of hydrogen-bond donors (Lipinski definition) is 0. The van der Waals surface area contributed by atoms with Crippen molar-refractivity contribution in [3.8, 4) is 12.1 Å². The highest BCUT2D eigenvalue weighted by Gasteiger charge is 2.11. The van der Waals surface area contributed by atoms with Crippen molar-refractivity contribution < 1.29 is 13.5 Å². The van der Waals surface area contributed by atoms with Gasteiger partial charge in [-0.15, -0.1) is 0 Å². The summed E-state index contributed by atoms with van der Waals surface area (Å²) in [5.41, 5.74) is -0.250. The van der Waals surface area contributed by atoms with Crippen molar-refractivity contribution in [1.82, 2.24) is 0 Å². The molecular formula is C11H5BrF2N2O. The lowest BCUT2D eigenvalue weighted by atomic mass is 10.2. The van der Waals surface area contributed by atoms with Crippen molar-refractivity contribution in [1.29, 1.82) is 10.5 Å². The number of ether oxygens (including phenoxy) is 1. The molecule has 0 fully saturated rings. The summed E-state index contributed by atoms with van der Waals surface area (Å²) in [6.07, 6.45) is 0.902. The van der Waals surface area contributed by atoms with E-state index in [0.29, 0.717) is 0 Å². The van der Waals surface area contributed by atoms with E-state index in [1.807, 2.05) is 0 Å². The molecule has 0 heterocycles. The monoisotopic (exact) mass is 298 g/mol. The van der Waals surface area contributed by atoms with Crippen molar-refractivity contribution in [3.05, 3.63) is 45.6 Å². The Bertz CT molecular complexity index is 528. The number of rotatable bonds is 3. The zero-order chi connectivity index (χ0) is 12.8. The summed E-state index contributed by atoms with van der Waals surface area (Å²) in [6.45, 7) is -0.261. The fourth-order valence-corrected chi connectivity index (χ4v) is 1.28. The van der Waals surface area contributed by atoms with Crippen molar-refractivity contribution >= 4 is 15.9 Å². The second-order valence-electron chi connectivity index (χ2n) is 2.90. The van der Waals surface area contributed by atoms with Crippen LogP contribution in [-0.2, 0) is 11.3 Å². The molecule has 0 aliphatic heterocycles. The normalized spacial score (nSPS) is 9.00. The highest BCUT2D eigenvalue weighted by molar-refractivity contribution is 9.10. The summed E-state index contributed by atoms with van der Waals surface area (Å²) < 4.78 is 31.3. The van der Waals surface area contributed by atoms with Crippen LogP contribution in [0.15, 0.2) is 28.4 Å². The summed E-state index contributed by atoms with van der Waals surface area (Å²) in [5, 5.41) is 16.8. The Kier molecular flexibility index (Phi) is 4.62. The van der Waals surface area contributed by atoms with Gasteiger partial charge in [0.1, 0.15) is 25.0 Å². The predicted molar refractivity (Wildman–Crippen MR) is 58.2 cm³/mol. The first-order chi connectivity index (χ1) is 8.10. The van der Waals surface area contributed by atoms with Gasteiger partial charge in [-0.3, -0.25) is 0 Å². The minimum absolute atomic E-state index is 0.00261. The minimum Gasteiger partial charge on any atom is -0.494 e. The standard InChI is InChI=1S/C11H5BrF2N2O/c12-9-2-1-8(10(13)11(9)14)6-17-5-7(3-15)4-16/h1-2,5H,6H2. The Morgan fingerprint density at radius 2 is 1.94 bits per heavy atom. The fourth-order valence-electron chi connectivity index (χ4n) is 0.970. The fraction of sp³-hybridized carbons (Fsp3) is 0.0909. The SMILES string of the molecule is N#CC(C#N)=COCc1ccc(Br)c(F)c1F. The van der Waals surface area contributed by atoms with E-state index in [1.54, 1.807) is 12.1 Å². The molecule has 0 amide bonds. The molecule has 0 aliphatic carbocycles. The maximum Gasteiger partial charge on any atom is 0.173 e. The Labute approximate surface area is 105 Å². The van der Waals surface area contributed by atoms with Crippen LogP contribution in [0.4, 0.5) is 8.78 Å². The molecule has 1 rings (SSSR count). The van der Waals surface area contributed by atoms with E-state index in [1.165, 1.54) is 12.1 Å². The molecule has 0 spiro atoms. The minimum atomic E-state index is -1.02. The van der Waals surface area contributed by atoms with E-state index in [2.05, 4.69) is 15.9 Å². The molecule has 0 aromatic heterocycles. The van der Waals surface area contributed by atoms with Gasteiger partial charge in [-0.05, 0) is 22.0 Å². The number of nitriles is 2. The van der Waals surface area contributed by atoms with E-state index in [0.717, 1.165) is 6.26 Å². The molecule has 3 nitrogen and oxygen atoms in total. The first-order valence-electron chi connectivity index (χ1n) is 4.34. The van der Waals surface area contributed by atoms with Crippen molar-refractivity contribution in [2.45, 2.75) is 6.61 Å². The summed E-state index contributed by atoms with van der Waals surface area (Å²) in [7, 11) is 0. The molecule has 17 heavy (non-hydrogen) atoms. The molecule has 1 aromatic rings. The molecule has 0 bridgehead atoms. The zero-order valence-electron chi connectivity index (χ0n) is 8.38. The number of hydrogen-bond acceptors (Lipinski definition) is 3. The Balaban J connectivity index is 2.79. The molecular weight excluding hydrogens is 294 g/mol. The van der Waals surface area contributed by atoms with Gasteiger partial charge in [0.05, 0.1) is 4.47 Å². The summed E-state index contributed by atoms with van der Waals surface area (Å²) >= 11 is 2.84. The van der Waals surface area contributed by atoms with Crippen LogP contribution in [0.3, 0.4) is 0 Å². The second kappa shape index (κ2) is 5.97. The van der Waals surface area contributed by atoms with Crippen LogP contribution in [-0.4, -0.2) is 0 Å². The van der Waals surface area contributed by atoms with E-state index < -0.39 is 11.6 Å². The first kappa shape index (κ1) is 13.1. The molecule has 86 valence electrons. The smallest absolute Gasteiger partial charge is 0.173 e. The van der Waals surface area contributed by atoms with Crippen molar-refractivity contribution in [2.24, 2.45) is 0 Å². The average Bonchev–Trinajstić information content (AvgIpc) is 2.34. The lowest BCUT2D eigenvalue weighted by Gasteiger charge is -2.04. The molecule has 0 atom stereocenters. The molecule has 0 N–H and O–H groups in total. The van der Waals surface area contributed by atoms with Crippen LogP contribution in [0.2, 0.25) is 0 Å². The van der Waals surface area contributed by atoms with Gasteiger partial charge in [0, 0.05) is 5.56 Å². The highest BCUT2D eigenvalue weighted by Crippen LogP contribution is 2.21. The maximum atomic E-state index is 13.3. The molecule has 6 heteroatoms. The van der Waals surface area contributed by atoms with E-state index in [9.17, 15) is 8.78 Å². The lowest BCUT2D eigenvalue weighted by Crippen LogP contribution is -1.96. The third-order valence-corrected chi connectivity index (χ3v) is 2.41. The molecule has 0 radical (unpaired) electrons. The second-order valence-corrected chi connectivity index (χ2v) is 3.75. The molecule has 0 unspecified atom stereocenters. The average molecular weight is 299 g/mol. The Morgan fingerprint density at radius 1 is 1.29 bits per heavy atom. The van der Waals surface area contributed by atoms with Gasteiger partial charge in [-0.2, -0.15) is 10.5 Å². The number of nitrogens with zero attached hydrogens (tertiary/aromatic N) is 2. The third kappa shape index (κ3) is 3.27. The van der Waals surface area contributed by atoms with Gasteiger partial charge < -0.3 is 4.74 Å². The van der Waals surface area contributed by atoms with Gasteiger partial charge in [-0.1, -0.05) is 6.07 Å². The van der Waals surface area contributed by atoms with Crippen molar-refractivity contribution in [3.63, 3.8) is 0 Å². The largest absolute Gasteiger partial charge is 0.494 e. The summed E-state index contributed by atoms with van der Waals surface area (Å²) in [4.78, 5) is 0. The third-order valence-electron chi connectivity index (χ3n) is 1.80. The Hall–Kier alpha value is -1.92. The van der Waals surface area contributed by atoms with Crippen LogP contribution >= 0.6 is 15.9 Å². The van der Waals surface area contributed by atoms with Gasteiger partial charge in [0.25, 0.3) is 0 Å². The van der Waals surface area contributed by atoms with Crippen LogP contribution in [0.25, 0.3) is 0 Å². The molecule has 0 saturated heterocycles. The summed E-state index contributed by atoms with van der Waals surface area (Å²) in [5.74, 6) is -2.03. The summed E-state index contributed by atoms with van der Waals surface area (Å²) in [6, 6.07) is 5.83. The number of allylic oxidation sites excluding steroid dienone is 1. The molecule has 0 saturated carbocycles. The van der Waals surface area contributed by atoms with E-state index in [4.69, 9.17) is 15.3 Å². The van der Waals surface area contributed by atoms with Gasteiger partial charge in [-0.25, -0.2) is 8.78 Å². The maximum absolute atomic E-state index is 13.3. The van der Waals surface area contributed by atoms with Crippen molar-refractivity contribution in [2.75, 3.05) is 0 Å². The molecule has 1 aromatic carbocycles. The molecule has 0 aliphatic rings. The first-order valence-corrected chi connectivity index (χ1v) is 5.13. The van der Waals surface area contributed by atoms with Crippen LogP contribution in [0.5, 0.6) is 0 Å². The van der Waals surface area contributed by atoms with E-state index >= 15 is 0 Å². The van der Waals surface area contributed by atoms with E-state index in [-0.39, 0.29) is 22.2 Å². The topological polar surface area (TPSA) is 56.8 Å². The Morgan fingerprint density at radius 3 is 2.53 bits per heavy atom. The zero-order valence-corrected chi connectivity index (χ0v) is 9.96. The lowest BCUT2D eigenvalue weighted by molar-refractivity contribution is 0.229. The van der Waals surface area contributed by atoms with Gasteiger partial charge >= 0.3 is 0 Å². The van der Waals surface area contributed by atoms with Gasteiger partial charge in [0.15, 0.2) is 17.2 Å². The quantitative estimate of drug-likeness (QED) is 0.489. The predicted octanol–water partition coefficient (Wildman–Crippen LogP) is 3.17. The number of halogens is 3. The van der Waals surface area contributed by atoms with Crippen LogP contribution in [0.1, 0.15) is 5.56 Å².